The van der Waals surface area contributed by atoms with Crippen molar-refractivity contribution in [1.82, 2.24) is 15.1 Å². The Hall–Kier alpha value is -3.47. The second-order valence-corrected chi connectivity index (χ2v) is 7.91. The van der Waals surface area contributed by atoms with Crippen molar-refractivity contribution in [2.45, 2.75) is 19.6 Å². The standard InChI is InChI=1S/C23H24F4N4O3/c1-15(32)29-20-5-3-2-4-17(20)21(33)28-13-16-6-7-19(24)18(12-16)22(34)31-10-8-30(9-11-31)14-23(25,26)27/h2-7,12H,8-11,13-14H2,1H3,(H,28,33)(H,29,32). The lowest BCUT2D eigenvalue weighted by Crippen LogP contribution is -2.51. The van der Waals surface area contributed by atoms with Crippen molar-refractivity contribution in [3.05, 3.63) is 65.0 Å². The van der Waals surface area contributed by atoms with Crippen molar-refractivity contribution in [1.29, 1.82) is 0 Å². The van der Waals surface area contributed by atoms with Gasteiger partial charge in [0.1, 0.15) is 5.82 Å². The predicted molar refractivity (Wildman–Crippen MR) is 117 cm³/mol. The summed E-state index contributed by atoms with van der Waals surface area (Å²) in [6, 6.07) is 10.3. The molecule has 2 aromatic rings. The Morgan fingerprint density at radius 1 is 0.971 bits per heavy atom. The lowest BCUT2D eigenvalue weighted by Gasteiger charge is -2.35. The molecule has 182 valence electrons. The van der Waals surface area contributed by atoms with Crippen LogP contribution in [0.2, 0.25) is 0 Å². The van der Waals surface area contributed by atoms with Gasteiger partial charge in [0, 0.05) is 39.6 Å². The molecule has 3 rings (SSSR count). The van der Waals surface area contributed by atoms with Crippen molar-refractivity contribution in [3.63, 3.8) is 0 Å². The molecule has 3 amide bonds. The van der Waals surface area contributed by atoms with Gasteiger partial charge < -0.3 is 15.5 Å². The van der Waals surface area contributed by atoms with Gasteiger partial charge in [0.25, 0.3) is 11.8 Å². The summed E-state index contributed by atoms with van der Waals surface area (Å²) in [7, 11) is 0. The van der Waals surface area contributed by atoms with E-state index in [-0.39, 0.29) is 49.8 Å². The highest BCUT2D eigenvalue weighted by atomic mass is 19.4. The maximum atomic E-state index is 14.4. The Morgan fingerprint density at radius 2 is 1.65 bits per heavy atom. The van der Waals surface area contributed by atoms with E-state index in [1.807, 2.05) is 0 Å². The van der Waals surface area contributed by atoms with Crippen molar-refractivity contribution < 1.29 is 31.9 Å². The number of hydrogen-bond acceptors (Lipinski definition) is 4. The first-order chi connectivity index (χ1) is 16.0. The minimum Gasteiger partial charge on any atom is -0.348 e. The van der Waals surface area contributed by atoms with Crippen LogP contribution in [0.3, 0.4) is 0 Å². The number of amides is 3. The fourth-order valence-corrected chi connectivity index (χ4v) is 3.64. The number of para-hydroxylation sites is 1. The molecule has 0 bridgehead atoms. The van der Waals surface area contributed by atoms with Crippen LogP contribution in [0.25, 0.3) is 0 Å². The smallest absolute Gasteiger partial charge is 0.348 e. The summed E-state index contributed by atoms with van der Waals surface area (Å²) >= 11 is 0. The van der Waals surface area contributed by atoms with Gasteiger partial charge in [0.05, 0.1) is 23.4 Å². The van der Waals surface area contributed by atoms with Crippen molar-refractivity contribution >= 4 is 23.4 Å². The van der Waals surface area contributed by atoms with Crippen LogP contribution in [0.1, 0.15) is 33.2 Å². The van der Waals surface area contributed by atoms with Gasteiger partial charge in [-0.25, -0.2) is 4.39 Å². The minimum absolute atomic E-state index is 0.00679. The maximum Gasteiger partial charge on any atom is 0.401 e. The van der Waals surface area contributed by atoms with Gasteiger partial charge in [-0.1, -0.05) is 18.2 Å². The Kier molecular flexibility index (Phi) is 7.87. The molecular formula is C23H24F4N4O3. The summed E-state index contributed by atoms with van der Waals surface area (Å²) in [5, 5.41) is 5.24. The van der Waals surface area contributed by atoms with Gasteiger partial charge in [0.15, 0.2) is 0 Å². The molecule has 0 saturated carbocycles. The number of carbonyl (C=O) groups is 3. The monoisotopic (exact) mass is 480 g/mol. The molecule has 1 aliphatic heterocycles. The first-order valence-electron chi connectivity index (χ1n) is 10.5. The van der Waals surface area contributed by atoms with E-state index in [0.29, 0.717) is 11.3 Å². The average Bonchev–Trinajstić information content (AvgIpc) is 2.77. The normalized spacial score (nSPS) is 14.6. The van der Waals surface area contributed by atoms with Gasteiger partial charge in [-0.15, -0.1) is 0 Å². The summed E-state index contributed by atoms with van der Waals surface area (Å²) < 4.78 is 52.0. The number of alkyl halides is 3. The molecule has 0 spiro atoms. The molecule has 1 aliphatic rings. The van der Waals surface area contributed by atoms with Gasteiger partial charge >= 0.3 is 6.18 Å². The molecule has 11 heteroatoms. The van der Waals surface area contributed by atoms with Crippen LogP contribution in [-0.2, 0) is 11.3 Å². The highest BCUT2D eigenvalue weighted by molar-refractivity contribution is 6.03. The number of benzene rings is 2. The summed E-state index contributed by atoms with van der Waals surface area (Å²) in [5.41, 5.74) is 0.834. The second-order valence-electron chi connectivity index (χ2n) is 7.91. The third-order valence-electron chi connectivity index (χ3n) is 5.26. The lowest BCUT2D eigenvalue weighted by atomic mass is 10.1. The number of nitrogens with zero attached hydrogens (tertiary/aromatic N) is 2. The van der Waals surface area contributed by atoms with Crippen LogP contribution in [-0.4, -0.2) is 66.4 Å². The predicted octanol–water partition coefficient (Wildman–Crippen LogP) is 3.03. The molecule has 0 aliphatic carbocycles. The Balaban J connectivity index is 1.64. The van der Waals surface area contributed by atoms with E-state index >= 15 is 0 Å². The number of carbonyl (C=O) groups excluding carboxylic acids is 3. The maximum absolute atomic E-state index is 14.4. The molecule has 34 heavy (non-hydrogen) atoms. The van der Waals surface area contributed by atoms with Crippen molar-refractivity contribution in [3.8, 4) is 0 Å². The number of anilines is 1. The summed E-state index contributed by atoms with van der Waals surface area (Å²) in [4.78, 5) is 39.2. The van der Waals surface area contributed by atoms with E-state index in [9.17, 15) is 31.9 Å². The number of nitrogens with one attached hydrogen (secondary N) is 2. The number of halogens is 4. The topological polar surface area (TPSA) is 81.8 Å². The third-order valence-corrected chi connectivity index (χ3v) is 5.26. The molecule has 0 atom stereocenters. The molecule has 1 saturated heterocycles. The molecule has 1 heterocycles. The number of hydrogen-bond donors (Lipinski definition) is 2. The molecule has 1 fully saturated rings. The Morgan fingerprint density at radius 3 is 2.29 bits per heavy atom. The van der Waals surface area contributed by atoms with E-state index in [1.54, 1.807) is 24.3 Å². The molecule has 2 aromatic carbocycles. The van der Waals surface area contributed by atoms with E-state index in [2.05, 4.69) is 10.6 Å². The summed E-state index contributed by atoms with van der Waals surface area (Å²) in [6.45, 7) is 0.440. The lowest BCUT2D eigenvalue weighted by molar-refractivity contribution is -0.148. The van der Waals surface area contributed by atoms with E-state index in [4.69, 9.17) is 0 Å². The highest BCUT2D eigenvalue weighted by Crippen LogP contribution is 2.20. The fourth-order valence-electron chi connectivity index (χ4n) is 3.64. The van der Waals surface area contributed by atoms with Crippen LogP contribution in [0.5, 0.6) is 0 Å². The second kappa shape index (κ2) is 10.6. The molecule has 2 N–H and O–H groups in total. The highest BCUT2D eigenvalue weighted by Gasteiger charge is 2.33. The van der Waals surface area contributed by atoms with Gasteiger partial charge in [0.2, 0.25) is 5.91 Å². The largest absolute Gasteiger partial charge is 0.401 e. The molecule has 0 aromatic heterocycles. The molecular weight excluding hydrogens is 456 g/mol. The Bertz CT molecular complexity index is 1070. The third kappa shape index (κ3) is 6.77. The van der Waals surface area contributed by atoms with Crippen molar-refractivity contribution in [2.24, 2.45) is 0 Å². The van der Waals surface area contributed by atoms with Crippen LogP contribution in [0.15, 0.2) is 42.5 Å². The number of rotatable bonds is 6. The first kappa shape index (κ1) is 25.2. The quantitative estimate of drug-likeness (QED) is 0.623. The van der Waals surface area contributed by atoms with E-state index in [1.165, 1.54) is 28.9 Å². The van der Waals surface area contributed by atoms with Crippen LogP contribution in [0.4, 0.5) is 23.2 Å². The average molecular weight is 480 g/mol. The molecule has 7 nitrogen and oxygen atoms in total. The minimum atomic E-state index is -4.32. The first-order valence-corrected chi connectivity index (χ1v) is 10.5. The molecule has 0 radical (unpaired) electrons. The summed E-state index contributed by atoms with van der Waals surface area (Å²) in [6.07, 6.45) is -4.32. The van der Waals surface area contributed by atoms with Crippen LogP contribution in [0, 0.1) is 5.82 Å². The van der Waals surface area contributed by atoms with Crippen LogP contribution >= 0.6 is 0 Å². The fraction of sp³-hybridized carbons (Fsp3) is 0.348. The zero-order valence-electron chi connectivity index (χ0n) is 18.4. The van der Waals surface area contributed by atoms with Gasteiger partial charge in [-0.05, 0) is 29.8 Å². The molecule has 0 unspecified atom stereocenters. The number of piperazine rings is 1. The van der Waals surface area contributed by atoms with E-state index in [0.717, 1.165) is 6.07 Å². The summed E-state index contributed by atoms with van der Waals surface area (Å²) in [5.74, 6) is -2.18. The zero-order valence-corrected chi connectivity index (χ0v) is 18.4. The van der Waals surface area contributed by atoms with Crippen LogP contribution < -0.4 is 10.6 Å². The van der Waals surface area contributed by atoms with E-state index < -0.39 is 30.4 Å². The van der Waals surface area contributed by atoms with Gasteiger partial charge in [-0.2, -0.15) is 13.2 Å². The van der Waals surface area contributed by atoms with Crippen molar-refractivity contribution in [2.75, 3.05) is 38.0 Å². The van der Waals surface area contributed by atoms with Gasteiger partial charge in [-0.3, -0.25) is 19.3 Å². The Labute approximate surface area is 193 Å². The SMILES string of the molecule is CC(=O)Nc1ccccc1C(=O)NCc1ccc(F)c(C(=O)N2CCN(CC(F)(F)F)CC2)c1. The zero-order chi connectivity index (χ0) is 24.9.